The van der Waals surface area contributed by atoms with Crippen LogP contribution in [0.5, 0.6) is 0 Å². The molecule has 0 spiro atoms. The molecule has 6 rings (SSSR count). The first-order chi connectivity index (χ1) is 37.3. The zero-order valence-electron chi connectivity index (χ0n) is 47.4. The zero-order chi connectivity index (χ0) is 62.0. The number of carbonyl (C=O) groups is 6. The summed E-state index contributed by atoms with van der Waals surface area (Å²) >= 11 is 0. The van der Waals surface area contributed by atoms with E-state index in [1.54, 1.807) is 78.3 Å². The van der Waals surface area contributed by atoms with Gasteiger partial charge in [-0.3, -0.25) is 33.5 Å². The fourth-order valence-corrected chi connectivity index (χ4v) is 6.34. The summed E-state index contributed by atoms with van der Waals surface area (Å²) in [5.41, 5.74) is 5.46. The number of aliphatic hydroxyl groups is 1. The summed E-state index contributed by atoms with van der Waals surface area (Å²) in [7, 11) is -2.61. The molecule has 4 N–H and O–H groups in total. The fraction of sp³-hybridized carbons (Fsp3) is 0.472. The predicted molar refractivity (Wildman–Crippen MR) is 294 cm³/mol. The number of aliphatic imine (C=N–C) groups is 1. The fourth-order valence-electron chi connectivity index (χ4n) is 6.34. The Hall–Kier alpha value is -7.51. The lowest BCUT2D eigenvalue weighted by Gasteiger charge is -2.20. The number of methoxy groups -OCH3 is 1. The molecule has 0 radical (unpaired) electrons. The van der Waals surface area contributed by atoms with Gasteiger partial charge in [-0.1, -0.05) is 96.4 Å². The van der Waals surface area contributed by atoms with Crippen molar-refractivity contribution >= 4 is 84.0 Å². The summed E-state index contributed by atoms with van der Waals surface area (Å²) in [6.07, 6.45) is 6.93. The van der Waals surface area contributed by atoms with Crippen molar-refractivity contribution in [3.8, 4) is 12.5 Å². The number of rotatable bonds is 10. The van der Waals surface area contributed by atoms with Gasteiger partial charge in [-0.25, -0.2) is 4.79 Å². The number of cyclic esters (lactones) is 2. The highest BCUT2D eigenvalue weighted by Gasteiger charge is 2.44. The van der Waals surface area contributed by atoms with Crippen molar-refractivity contribution in [3.63, 3.8) is 0 Å². The standard InChI is InChI=1S/C14H14BNO4.C13H15NO2.C10H18O3.C7H9BO2.C6H8BNO3.CH4O3S.CO2.CH4O/c1-10-2-4-11(5-3-10)13(17)7-6-12-14(18)19-8-15(12)20-9-16;1-9-3-5-10(6-4-9)11-7-8-12(14-11)13(15)16-2;1-9(2,3)7(11)13-8(12)10(4,5)6;1-6-2-4-7(5-3-6)8(9)10;1-2-5-6(9)10-3-7(5)11-4-8;1-5(2,3)4;2-1-3;1-2/h2-5,12H,6-8H2,1H3;3-6,12H,7-8H2,1-2H3;1-6H3;2-5,9-10H,1H3;5H,2-3H2,1H3;1H3,(H,2,3,4);;2H,1H3/t;12-;;;;;;/m.0....../s1. The van der Waals surface area contributed by atoms with Gasteiger partial charge in [-0.05, 0) is 99.0 Å². The van der Waals surface area contributed by atoms with Crippen molar-refractivity contribution in [3.05, 3.63) is 101 Å². The molecule has 3 aromatic rings. The Labute approximate surface area is 469 Å². The van der Waals surface area contributed by atoms with E-state index in [1.165, 1.54) is 12.7 Å². The summed E-state index contributed by atoms with van der Waals surface area (Å²) in [5.74, 6) is -2.67. The third-order valence-corrected chi connectivity index (χ3v) is 10.8. The van der Waals surface area contributed by atoms with Crippen LogP contribution in [0.15, 0.2) is 77.8 Å². The molecule has 2 unspecified atom stereocenters. The lowest BCUT2D eigenvalue weighted by atomic mass is 9.57. The van der Waals surface area contributed by atoms with Crippen LogP contribution < -0.4 is 5.46 Å². The number of ether oxygens (including phenoxy) is 4. The Morgan fingerprint density at radius 1 is 0.750 bits per heavy atom. The molecule has 3 heterocycles. The topological polar surface area (TPSA) is 367 Å². The SMILES string of the molecule is CC(C)(C)C(=O)OC(=O)C(C)(C)C.CCC1B(OC#N)COC1=O.CO.COC(=O)[C@@H]1CCC(c2ccc(C)cc2)=N1.CS(=O)(=O)O.Cc1ccc(B(O)O)cc1.Cc1ccc(C(=O)CCC2B(OC#N)COC2=O)cc1.O=C=O. The van der Waals surface area contributed by atoms with Crippen LogP contribution in [0.2, 0.25) is 11.6 Å². The van der Waals surface area contributed by atoms with Crippen LogP contribution in [-0.2, 0) is 71.9 Å². The Kier molecular flexibility index (Phi) is 35.6. The van der Waals surface area contributed by atoms with E-state index in [4.69, 9.17) is 63.4 Å². The number of aliphatic hydroxyl groups excluding tert-OH is 1. The van der Waals surface area contributed by atoms with Gasteiger partial charge in [0.05, 0.1) is 35.8 Å². The second kappa shape index (κ2) is 38.2. The van der Waals surface area contributed by atoms with E-state index >= 15 is 0 Å². The van der Waals surface area contributed by atoms with Gasteiger partial charge in [-0.15, -0.1) is 0 Å². The maximum atomic E-state index is 12.0. The van der Waals surface area contributed by atoms with Crippen molar-refractivity contribution in [2.24, 2.45) is 15.8 Å². The first-order valence-electron chi connectivity index (χ1n) is 24.6. The maximum Gasteiger partial charge on any atom is 0.488 e. The smallest absolute Gasteiger partial charge is 0.488 e. The number of carbonyl (C=O) groups excluding carboxylic acids is 8. The van der Waals surface area contributed by atoms with Crippen LogP contribution in [0.1, 0.15) is 113 Å². The van der Waals surface area contributed by atoms with E-state index in [-0.39, 0.29) is 62.1 Å². The van der Waals surface area contributed by atoms with Crippen LogP contribution in [0.3, 0.4) is 0 Å². The van der Waals surface area contributed by atoms with E-state index in [0.29, 0.717) is 30.1 Å². The molecule has 3 atom stereocenters. The number of hydrogen-bond donors (Lipinski definition) is 4. The number of esters is 5. The van der Waals surface area contributed by atoms with Crippen molar-refractivity contribution < 1.29 is 94.7 Å². The molecule has 0 bridgehead atoms. The second-order valence-corrected chi connectivity index (χ2v) is 21.0. The van der Waals surface area contributed by atoms with E-state index in [9.17, 15) is 37.2 Å². The largest absolute Gasteiger partial charge is 0.493 e. The lowest BCUT2D eigenvalue weighted by Crippen LogP contribution is -2.31. The van der Waals surface area contributed by atoms with Crippen LogP contribution in [0.4, 0.5) is 0 Å². The summed E-state index contributed by atoms with van der Waals surface area (Å²) < 4.78 is 54.2. The monoisotopic (exact) mass is 1140 g/mol. The van der Waals surface area contributed by atoms with E-state index in [2.05, 4.69) is 28.7 Å². The molecule has 3 aliphatic rings. The number of ketones is 1. The average molecular weight is 1140 g/mol. The molecule has 0 aliphatic carbocycles. The summed E-state index contributed by atoms with van der Waals surface area (Å²) in [5, 5.41) is 41.0. The minimum Gasteiger partial charge on any atom is -0.493 e. The molecule has 0 saturated carbocycles. The molecule has 0 aromatic heterocycles. The number of nitrogens with zero attached hydrogens (tertiary/aromatic N) is 3. The van der Waals surface area contributed by atoms with E-state index in [0.717, 1.165) is 42.4 Å². The first-order valence-corrected chi connectivity index (χ1v) is 26.4. The summed E-state index contributed by atoms with van der Waals surface area (Å²) in [6.45, 7) is 17.5. The third-order valence-electron chi connectivity index (χ3n) is 10.8. The van der Waals surface area contributed by atoms with E-state index in [1.807, 2.05) is 57.2 Å². The van der Waals surface area contributed by atoms with Crippen molar-refractivity contribution in [1.82, 2.24) is 0 Å². The van der Waals surface area contributed by atoms with Crippen LogP contribution in [-0.4, -0.2) is 136 Å². The summed E-state index contributed by atoms with van der Waals surface area (Å²) in [4.78, 5) is 89.0. The van der Waals surface area contributed by atoms with Gasteiger partial charge in [0, 0.05) is 24.8 Å². The maximum absolute atomic E-state index is 12.0. The van der Waals surface area contributed by atoms with Gasteiger partial charge in [-0.2, -0.15) is 28.5 Å². The Balaban J connectivity index is 0. The van der Waals surface area contributed by atoms with Crippen LogP contribution in [0, 0.1) is 54.6 Å². The summed E-state index contributed by atoms with van der Waals surface area (Å²) in [6, 6.07) is 22.3. The molecule has 0 amide bonds. The molecule has 434 valence electrons. The Morgan fingerprint density at radius 2 is 1.14 bits per heavy atom. The first kappa shape index (κ1) is 74.6. The number of aryl methyl sites for hydroxylation is 3. The lowest BCUT2D eigenvalue weighted by molar-refractivity contribution is -0.192. The average Bonchev–Trinajstić information content (AvgIpc) is 4.12. The zero-order valence-corrected chi connectivity index (χ0v) is 48.2. The minimum atomic E-state index is -3.67. The molecule has 3 aromatic carbocycles. The predicted octanol–water partition coefficient (Wildman–Crippen LogP) is 4.74. The Morgan fingerprint density at radius 3 is 1.51 bits per heavy atom. The van der Waals surface area contributed by atoms with Gasteiger partial charge >= 0.3 is 56.9 Å². The number of Topliss-reactive ketones (excluding diaryl/α,β-unsaturated/α-hetero) is 1. The molecule has 3 aliphatic heterocycles. The normalized spacial score (nSPS) is 15.5. The van der Waals surface area contributed by atoms with E-state index < -0.39 is 58.7 Å². The van der Waals surface area contributed by atoms with Crippen molar-refractivity contribution in [2.45, 2.75) is 119 Å². The minimum absolute atomic E-state index is 0.0274. The van der Waals surface area contributed by atoms with Gasteiger partial charge in [0.15, 0.2) is 5.78 Å². The van der Waals surface area contributed by atoms with Gasteiger partial charge in [0.1, 0.15) is 19.1 Å². The van der Waals surface area contributed by atoms with Crippen molar-refractivity contribution in [1.29, 1.82) is 10.5 Å². The molecule has 23 nitrogen and oxygen atoms in total. The van der Waals surface area contributed by atoms with Gasteiger partial charge in [0.2, 0.25) is 0 Å². The molecule has 2 saturated heterocycles. The number of benzene rings is 3. The highest BCUT2D eigenvalue weighted by molar-refractivity contribution is 7.85. The third kappa shape index (κ3) is 31.2. The van der Waals surface area contributed by atoms with Crippen LogP contribution >= 0.6 is 0 Å². The number of hydrogen-bond acceptors (Lipinski definition) is 22. The molecule has 27 heteroatoms. The molecule has 2 fully saturated rings. The highest BCUT2D eigenvalue weighted by Crippen LogP contribution is 2.28. The second-order valence-electron chi connectivity index (χ2n) is 19.5. The van der Waals surface area contributed by atoms with Crippen molar-refractivity contribution in [2.75, 3.05) is 33.5 Å². The van der Waals surface area contributed by atoms with Gasteiger partial charge < -0.3 is 43.4 Å². The van der Waals surface area contributed by atoms with Crippen LogP contribution in [0.25, 0.3) is 0 Å². The Bertz CT molecular complexity index is 2660. The molecular formula is C53H72B3N3O20S. The quantitative estimate of drug-likeness (QED) is 0.0405. The van der Waals surface area contributed by atoms with Gasteiger partial charge in [0.25, 0.3) is 22.6 Å². The molecule has 80 heavy (non-hydrogen) atoms. The molecular weight excluding hydrogens is 1060 g/mol. The highest BCUT2D eigenvalue weighted by atomic mass is 32.2. The number of nitriles is 2.